The summed E-state index contributed by atoms with van der Waals surface area (Å²) in [6.45, 7) is 9.55. The third kappa shape index (κ3) is 4.23. The molecule has 0 saturated heterocycles. The molecule has 0 unspecified atom stereocenters. The summed E-state index contributed by atoms with van der Waals surface area (Å²) in [6.07, 6.45) is 0. The van der Waals surface area contributed by atoms with Crippen molar-refractivity contribution in [2.24, 2.45) is 0 Å². The summed E-state index contributed by atoms with van der Waals surface area (Å²) in [5, 5.41) is 1.32. The molecule has 8 aromatic rings. The first-order valence-electron chi connectivity index (χ1n) is 18.6. The van der Waals surface area contributed by atoms with E-state index in [1.807, 2.05) is 11.8 Å². The number of nitrogens with zero attached hydrogens (tertiary/aromatic N) is 2. The van der Waals surface area contributed by atoms with Crippen molar-refractivity contribution in [1.82, 2.24) is 4.57 Å². The highest BCUT2D eigenvalue weighted by molar-refractivity contribution is 7.99. The zero-order valence-corrected chi connectivity index (χ0v) is 31.1. The number of hydrogen-bond acceptors (Lipinski definition) is 2. The Morgan fingerprint density at radius 3 is 1.74 bits per heavy atom. The Bertz CT molecular complexity index is 2770. The normalized spacial score (nSPS) is 15.4. The van der Waals surface area contributed by atoms with Gasteiger partial charge in [0, 0.05) is 42.9 Å². The molecule has 7 aromatic carbocycles. The predicted octanol–water partition coefficient (Wildman–Crippen LogP) is 13.8. The summed E-state index contributed by atoms with van der Waals surface area (Å²) in [7, 11) is 0. The van der Waals surface area contributed by atoms with E-state index in [2.05, 4.69) is 195 Å². The SMILES string of the molecule is CC1(C)c2ccccc2-c2ccc(-n3c4c(c5cc(-c6ccc(N7c8ccccc8Sc8ccccc87)cc6)ccc53)C(C)(C)c3ccccc3-4)cc21. The molecule has 254 valence electrons. The molecule has 0 amide bonds. The number of anilines is 3. The maximum atomic E-state index is 2.55. The molecule has 0 saturated carbocycles. The van der Waals surface area contributed by atoms with E-state index in [1.54, 1.807) is 0 Å². The van der Waals surface area contributed by atoms with Gasteiger partial charge in [0.25, 0.3) is 0 Å². The second-order valence-corrected chi connectivity index (χ2v) is 16.9. The van der Waals surface area contributed by atoms with Gasteiger partial charge in [-0.3, -0.25) is 0 Å². The smallest absolute Gasteiger partial charge is 0.0601 e. The lowest BCUT2D eigenvalue weighted by Gasteiger charge is -2.32. The van der Waals surface area contributed by atoms with Crippen LogP contribution in [-0.2, 0) is 10.8 Å². The largest absolute Gasteiger partial charge is 0.309 e. The van der Waals surface area contributed by atoms with Gasteiger partial charge in [0.15, 0.2) is 0 Å². The first-order valence-corrected chi connectivity index (χ1v) is 19.4. The zero-order chi connectivity index (χ0) is 35.6. The summed E-state index contributed by atoms with van der Waals surface area (Å²) in [5.74, 6) is 0. The van der Waals surface area contributed by atoms with Crippen molar-refractivity contribution in [3.63, 3.8) is 0 Å². The predicted molar refractivity (Wildman–Crippen MR) is 223 cm³/mol. The summed E-state index contributed by atoms with van der Waals surface area (Å²) in [4.78, 5) is 4.95. The van der Waals surface area contributed by atoms with Gasteiger partial charge < -0.3 is 9.47 Å². The second kappa shape index (κ2) is 10.9. The molecular formula is C50H38N2S. The van der Waals surface area contributed by atoms with Crippen LogP contribution in [0.1, 0.15) is 49.9 Å². The molecule has 2 heterocycles. The third-order valence-electron chi connectivity index (χ3n) is 12.2. The molecule has 0 spiro atoms. The van der Waals surface area contributed by atoms with Crippen molar-refractivity contribution in [2.45, 2.75) is 48.3 Å². The van der Waals surface area contributed by atoms with Crippen molar-refractivity contribution < 1.29 is 0 Å². The Hall–Kier alpha value is -5.77. The Balaban J connectivity index is 1.07. The van der Waals surface area contributed by atoms with E-state index < -0.39 is 0 Å². The highest BCUT2D eigenvalue weighted by Gasteiger charge is 2.41. The Kier molecular flexibility index (Phi) is 6.33. The summed E-state index contributed by atoms with van der Waals surface area (Å²) >= 11 is 1.85. The van der Waals surface area contributed by atoms with Crippen LogP contribution in [0.3, 0.4) is 0 Å². The van der Waals surface area contributed by atoms with Crippen molar-refractivity contribution in [1.29, 1.82) is 0 Å². The van der Waals surface area contributed by atoms with Crippen LogP contribution in [0.25, 0.3) is 50.1 Å². The molecule has 0 N–H and O–H groups in total. The quantitative estimate of drug-likeness (QED) is 0.181. The number of benzene rings is 7. The molecule has 1 aliphatic heterocycles. The highest BCUT2D eigenvalue weighted by Crippen LogP contribution is 2.56. The van der Waals surface area contributed by atoms with Gasteiger partial charge >= 0.3 is 0 Å². The summed E-state index contributed by atoms with van der Waals surface area (Å²) in [6, 6.07) is 58.8. The van der Waals surface area contributed by atoms with Gasteiger partial charge in [-0.1, -0.05) is 137 Å². The Morgan fingerprint density at radius 1 is 0.453 bits per heavy atom. The minimum Gasteiger partial charge on any atom is -0.309 e. The molecule has 0 fully saturated rings. The molecule has 3 heteroatoms. The fourth-order valence-corrected chi connectivity index (χ4v) is 10.7. The van der Waals surface area contributed by atoms with Crippen LogP contribution in [0.5, 0.6) is 0 Å². The van der Waals surface area contributed by atoms with Crippen molar-refractivity contribution in [3.8, 4) is 39.2 Å². The monoisotopic (exact) mass is 698 g/mol. The van der Waals surface area contributed by atoms with E-state index in [-0.39, 0.29) is 10.8 Å². The van der Waals surface area contributed by atoms with Gasteiger partial charge in [-0.05, 0) is 105 Å². The van der Waals surface area contributed by atoms with Crippen molar-refractivity contribution in [3.05, 3.63) is 180 Å². The van der Waals surface area contributed by atoms with E-state index in [0.29, 0.717) is 0 Å². The van der Waals surface area contributed by atoms with Crippen LogP contribution in [0.15, 0.2) is 168 Å². The molecule has 11 rings (SSSR count). The number of hydrogen-bond donors (Lipinski definition) is 0. The van der Waals surface area contributed by atoms with E-state index in [0.717, 1.165) is 0 Å². The van der Waals surface area contributed by atoms with E-state index >= 15 is 0 Å². The van der Waals surface area contributed by atoms with Crippen LogP contribution in [-0.4, -0.2) is 4.57 Å². The fraction of sp³-hybridized carbons (Fsp3) is 0.120. The van der Waals surface area contributed by atoms with Crippen LogP contribution < -0.4 is 4.90 Å². The Morgan fingerprint density at radius 2 is 1.02 bits per heavy atom. The average molecular weight is 699 g/mol. The van der Waals surface area contributed by atoms with Crippen LogP contribution in [0, 0.1) is 0 Å². The molecule has 1 aromatic heterocycles. The van der Waals surface area contributed by atoms with Crippen molar-refractivity contribution >= 4 is 39.7 Å². The van der Waals surface area contributed by atoms with Gasteiger partial charge in [0.1, 0.15) is 0 Å². The molecule has 53 heavy (non-hydrogen) atoms. The number of para-hydroxylation sites is 2. The topological polar surface area (TPSA) is 8.17 Å². The van der Waals surface area contributed by atoms with Crippen LogP contribution in [0.4, 0.5) is 17.1 Å². The zero-order valence-electron chi connectivity index (χ0n) is 30.3. The van der Waals surface area contributed by atoms with Gasteiger partial charge in [-0.2, -0.15) is 0 Å². The fourth-order valence-electron chi connectivity index (χ4n) is 9.61. The van der Waals surface area contributed by atoms with Gasteiger partial charge in [-0.15, -0.1) is 0 Å². The van der Waals surface area contributed by atoms with E-state index in [4.69, 9.17) is 0 Å². The first-order chi connectivity index (χ1) is 25.8. The van der Waals surface area contributed by atoms with Crippen LogP contribution >= 0.6 is 11.8 Å². The second-order valence-electron chi connectivity index (χ2n) is 15.8. The molecule has 2 nitrogen and oxygen atoms in total. The lowest BCUT2D eigenvalue weighted by atomic mass is 9.81. The third-order valence-corrected chi connectivity index (χ3v) is 13.3. The standard InChI is InChI=1S/C50H38N2S/c1-49(2)39-15-7-5-13-35(39)36-27-26-34(30-41(36)49)52-42-28-23-32(29-38(42)47-48(52)37-14-6-8-16-40(37)50(47,3)4)31-21-24-33(25-22-31)51-43-17-9-11-19-45(43)53-46-20-12-10-18-44(46)51/h5-30H,1-4H3. The molecule has 2 aliphatic carbocycles. The van der Waals surface area contributed by atoms with Crippen LogP contribution in [0.2, 0.25) is 0 Å². The van der Waals surface area contributed by atoms with Gasteiger partial charge in [-0.25, -0.2) is 0 Å². The number of aromatic nitrogens is 1. The van der Waals surface area contributed by atoms with Gasteiger partial charge in [0.2, 0.25) is 0 Å². The molecule has 0 atom stereocenters. The maximum absolute atomic E-state index is 2.55. The van der Waals surface area contributed by atoms with Crippen molar-refractivity contribution in [2.75, 3.05) is 4.90 Å². The summed E-state index contributed by atoms with van der Waals surface area (Å²) < 4.78 is 2.55. The molecule has 0 radical (unpaired) electrons. The number of fused-ring (bicyclic) bond motifs is 10. The summed E-state index contributed by atoms with van der Waals surface area (Å²) in [5.41, 5.74) is 19.3. The molecule has 3 aliphatic rings. The minimum absolute atomic E-state index is 0.0677. The lowest BCUT2D eigenvalue weighted by Crippen LogP contribution is -2.15. The van der Waals surface area contributed by atoms with E-state index in [1.165, 1.54) is 99.2 Å². The molecule has 0 bridgehead atoms. The average Bonchev–Trinajstić information content (AvgIpc) is 3.74. The van der Waals surface area contributed by atoms with E-state index in [9.17, 15) is 0 Å². The molecular weight excluding hydrogens is 661 g/mol. The Labute approximate surface area is 315 Å². The highest BCUT2D eigenvalue weighted by atomic mass is 32.2. The van der Waals surface area contributed by atoms with Gasteiger partial charge in [0.05, 0.1) is 22.6 Å². The first kappa shape index (κ1) is 30.8. The minimum atomic E-state index is -0.142. The lowest BCUT2D eigenvalue weighted by molar-refractivity contribution is 0.659. The maximum Gasteiger partial charge on any atom is 0.0601 e. The number of rotatable bonds is 3.